The molecule has 3 amide bonds. The third-order valence-corrected chi connectivity index (χ3v) is 3.01. The second-order valence-corrected chi connectivity index (χ2v) is 6.49. The Morgan fingerprint density at radius 1 is 1.12 bits per heavy atom. The second kappa shape index (κ2) is 3.75. The van der Waals surface area contributed by atoms with Gasteiger partial charge in [-0.25, -0.2) is 4.79 Å². The number of hydrogen-bond acceptors (Lipinski definition) is 2. The summed E-state index contributed by atoms with van der Waals surface area (Å²) in [5.41, 5.74) is -0.386. The van der Waals surface area contributed by atoms with Gasteiger partial charge in [0.1, 0.15) is 0 Å². The number of rotatable bonds is 0. The summed E-state index contributed by atoms with van der Waals surface area (Å²) >= 11 is 0. The van der Waals surface area contributed by atoms with E-state index in [0.717, 1.165) is 0 Å². The summed E-state index contributed by atoms with van der Waals surface area (Å²) in [5.74, 6) is -0.303. The van der Waals surface area contributed by atoms with Gasteiger partial charge < -0.3 is 4.90 Å². The number of nitrogens with zero attached hydrogens (tertiary/aromatic N) is 1. The van der Waals surface area contributed by atoms with Gasteiger partial charge in [-0.2, -0.15) is 0 Å². The molecule has 1 aliphatic rings. The molecule has 1 aliphatic heterocycles. The van der Waals surface area contributed by atoms with E-state index in [0.29, 0.717) is 6.54 Å². The molecule has 1 fully saturated rings. The van der Waals surface area contributed by atoms with Crippen molar-refractivity contribution in [1.29, 1.82) is 0 Å². The van der Waals surface area contributed by atoms with Crippen molar-refractivity contribution in [2.75, 3.05) is 6.54 Å². The number of imide groups is 1. The Balaban J connectivity index is 2.94. The average Bonchev–Trinajstić information content (AvgIpc) is 1.97. The number of amides is 3. The predicted molar refractivity (Wildman–Crippen MR) is 62.9 cm³/mol. The van der Waals surface area contributed by atoms with Crippen LogP contribution < -0.4 is 5.32 Å². The van der Waals surface area contributed by atoms with Crippen LogP contribution in [0.1, 0.15) is 41.5 Å². The lowest BCUT2D eigenvalue weighted by Gasteiger charge is -2.44. The van der Waals surface area contributed by atoms with Crippen molar-refractivity contribution < 1.29 is 9.59 Å². The van der Waals surface area contributed by atoms with E-state index in [9.17, 15) is 9.59 Å². The molecule has 0 aromatic carbocycles. The molecule has 92 valence electrons. The summed E-state index contributed by atoms with van der Waals surface area (Å²) in [5, 5.41) is 2.44. The Bertz CT molecular complexity index is 280. The highest BCUT2D eigenvalue weighted by Crippen LogP contribution is 2.31. The van der Waals surface area contributed by atoms with E-state index in [1.54, 1.807) is 4.90 Å². The van der Waals surface area contributed by atoms with Gasteiger partial charge in [0.05, 0.1) is 5.92 Å². The van der Waals surface area contributed by atoms with Gasteiger partial charge in [-0.3, -0.25) is 10.1 Å². The van der Waals surface area contributed by atoms with Crippen molar-refractivity contribution >= 4 is 11.9 Å². The fraction of sp³-hybridized carbons (Fsp3) is 0.833. The number of carbonyl (C=O) groups is 2. The molecule has 16 heavy (non-hydrogen) atoms. The molecular weight excluding hydrogens is 204 g/mol. The molecule has 1 saturated heterocycles. The van der Waals surface area contributed by atoms with Crippen molar-refractivity contribution in [2.45, 2.75) is 47.1 Å². The quantitative estimate of drug-likeness (QED) is 0.686. The van der Waals surface area contributed by atoms with Crippen LogP contribution in [0.2, 0.25) is 0 Å². The summed E-state index contributed by atoms with van der Waals surface area (Å²) in [6.07, 6.45) is 0. The highest BCUT2D eigenvalue weighted by molar-refractivity contribution is 5.98. The first-order valence-electron chi connectivity index (χ1n) is 5.66. The number of nitrogens with one attached hydrogen (secondary N) is 1. The molecule has 0 spiro atoms. The zero-order valence-corrected chi connectivity index (χ0v) is 11.0. The summed E-state index contributed by atoms with van der Waals surface area (Å²) < 4.78 is 0. The first-order valence-corrected chi connectivity index (χ1v) is 5.66. The Labute approximate surface area is 97.4 Å². The van der Waals surface area contributed by atoms with E-state index in [4.69, 9.17) is 0 Å². The van der Waals surface area contributed by atoms with Crippen LogP contribution in [0.15, 0.2) is 0 Å². The topological polar surface area (TPSA) is 49.4 Å². The molecule has 0 radical (unpaired) electrons. The number of urea groups is 1. The molecule has 0 bridgehead atoms. The first-order chi connectivity index (χ1) is 7.03. The summed E-state index contributed by atoms with van der Waals surface area (Å²) in [7, 11) is 0. The fourth-order valence-corrected chi connectivity index (χ4v) is 1.85. The van der Waals surface area contributed by atoms with Crippen LogP contribution in [0.4, 0.5) is 4.79 Å². The van der Waals surface area contributed by atoms with Crippen LogP contribution in [0, 0.1) is 11.3 Å². The van der Waals surface area contributed by atoms with Gasteiger partial charge in [-0.1, -0.05) is 20.8 Å². The van der Waals surface area contributed by atoms with Gasteiger partial charge >= 0.3 is 6.03 Å². The van der Waals surface area contributed by atoms with Crippen molar-refractivity contribution in [2.24, 2.45) is 11.3 Å². The summed E-state index contributed by atoms with van der Waals surface area (Å²) in [4.78, 5) is 25.2. The number of hydrogen-bond donors (Lipinski definition) is 1. The highest BCUT2D eigenvalue weighted by Gasteiger charge is 2.42. The highest BCUT2D eigenvalue weighted by atomic mass is 16.2. The molecule has 0 aliphatic carbocycles. The predicted octanol–water partition coefficient (Wildman–Crippen LogP) is 2.00. The van der Waals surface area contributed by atoms with Gasteiger partial charge in [0.25, 0.3) is 0 Å². The normalized spacial score (nSPS) is 23.4. The first kappa shape index (κ1) is 13.0. The minimum absolute atomic E-state index is 0.131. The minimum Gasteiger partial charge on any atom is -0.319 e. The van der Waals surface area contributed by atoms with E-state index < -0.39 is 0 Å². The van der Waals surface area contributed by atoms with Crippen LogP contribution in [0.3, 0.4) is 0 Å². The average molecular weight is 226 g/mol. The molecule has 1 unspecified atom stereocenters. The van der Waals surface area contributed by atoms with Crippen LogP contribution in [0.25, 0.3) is 0 Å². The Morgan fingerprint density at radius 2 is 1.62 bits per heavy atom. The van der Waals surface area contributed by atoms with Gasteiger partial charge in [0.15, 0.2) is 0 Å². The molecular formula is C12H22N2O2. The molecule has 4 heteroatoms. The van der Waals surface area contributed by atoms with Crippen LogP contribution >= 0.6 is 0 Å². The molecule has 1 rings (SSSR count). The standard InChI is InChI=1S/C12H22N2O2/c1-11(2,3)8-7-14(12(4,5)6)10(16)13-9(8)15/h8H,7H2,1-6H3,(H,13,15,16). The fourth-order valence-electron chi connectivity index (χ4n) is 1.85. The summed E-state index contributed by atoms with van der Waals surface area (Å²) in [6.45, 7) is 12.5. The van der Waals surface area contributed by atoms with Gasteiger partial charge in [0.2, 0.25) is 5.91 Å². The van der Waals surface area contributed by atoms with Crippen molar-refractivity contribution in [1.82, 2.24) is 10.2 Å². The molecule has 1 heterocycles. The second-order valence-electron chi connectivity index (χ2n) is 6.49. The van der Waals surface area contributed by atoms with E-state index in [1.165, 1.54) is 0 Å². The molecule has 0 aromatic heterocycles. The van der Waals surface area contributed by atoms with Crippen molar-refractivity contribution in [3.8, 4) is 0 Å². The van der Waals surface area contributed by atoms with E-state index >= 15 is 0 Å². The molecule has 0 aromatic rings. The molecule has 1 N–H and O–H groups in total. The van der Waals surface area contributed by atoms with Gasteiger partial charge in [-0.05, 0) is 26.2 Å². The maximum Gasteiger partial charge on any atom is 0.324 e. The van der Waals surface area contributed by atoms with E-state index in [2.05, 4.69) is 5.32 Å². The Hall–Kier alpha value is -1.06. The zero-order valence-electron chi connectivity index (χ0n) is 11.0. The van der Waals surface area contributed by atoms with Crippen LogP contribution in [-0.4, -0.2) is 28.9 Å². The minimum atomic E-state index is -0.280. The number of carbonyl (C=O) groups excluding carboxylic acids is 2. The smallest absolute Gasteiger partial charge is 0.319 e. The SMILES string of the molecule is CC(C)(C)C1CN(C(C)(C)C)C(=O)NC1=O. The molecule has 0 saturated carbocycles. The van der Waals surface area contributed by atoms with E-state index in [1.807, 2.05) is 41.5 Å². The Kier molecular flexibility index (Phi) is 3.05. The third-order valence-electron chi connectivity index (χ3n) is 3.01. The maximum absolute atomic E-state index is 11.8. The molecule has 4 nitrogen and oxygen atoms in total. The van der Waals surface area contributed by atoms with Crippen LogP contribution in [0.5, 0.6) is 0 Å². The lowest BCUT2D eigenvalue weighted by molar-refractivity contribution is -0.130. The van der Waals surface area contributed by atoms with Crippen molar-refractivity contribution in [3.63, 3.8) is 0 Å². The monoisotopic (exact) mass is 226 g/mol. The van der Waals surface area contributed by atoms with Crippen molar-refractivity contribution in [3.05, 3.63) is 0 Å². The van der Waals surface area contributed by atoms with Crippen LogP contribution in [-0.2, 0) is 4.79 Å². The largest absolute Gasteiger partial charge is 0.324 e. The van der Waals surface area contributed by atoms with E-state index in [-0.39, 0.29) is 28.8 Å². The summed E-state index contributed by atoms with van der Waals surface area (Å²) in [6, 6.07) is -0.280. The van der Waals surface area contributed by atoms with Gasteiger partial charge in [0, 0.05) is 12.1 Å². The zero-order chi connectivity index (χ0) is 12.7. The van der Waals surface area contributed by atoms with Gasteiger partial charge in [-0.15, -0.1) is 0 Å². The maximum atomic E-state index is 11.8. The lowest BCUT2D eigenvalue weighted by Crippen LogP contribution is -2.62. The Morgan fingerprint density at radius 3 is 2.00 bits per heavy atom. The lowest BCUT2D eigenvalue weighted by atomic mass is 9.78. The molecule has 1 atom stereocenters. The third kappa shape index (κ3) is 2.54.